The van der Waals surface area contributed by atoms with Crippen molar-refractivity contribution in [1.82, 2.24) is 16.0 Å². The van der Waals surface area contributed by atoms with Gasteiger partial charge in [0.15, 0.2) is 0 Å². The molecular weight excluding hydrogens is 322 g/mol. The predicted octanol–water partition coefficient (Wildman–Crippen LogP) is 1.81. The molecule has 0 heterocycles. The van der Waals surface area contributed by atoms with E-state index in [0.717, 1.165) is 6.42 Å². The normalized spacial score (nSPS) is 21.9. The molecule has 3 N–H and O–H groups in total. The molecule has 1 rings (SSSR count). The molecule has 3 amide bonds. The lowest BCUT2D eigenvalue weighted by Crippen LogP contribution is -2.62. The van der Waals surface area contributed by atoms with Crippen LogP contribution in [0.5, 0.6) is 0 Å². The Hall–Kier alpha value is -1.79. The number of alkyl carbamates (subject to hydrolysis) is 1. The standard InChI is InChI=1S/C18H33N3O4/c1-11(22)19-9-13(10-20-12(2)23)14-8-15(18(14,6)7)21-16(24)25-17(3,4)5/h13-15H,8-10H2,1-7H3,(H,19,22)(H,20,23)(H,21,24)/t14-,15-/m1/s1. The predicted molar refractivity (Wildman–Crippen MR) is 95.9 cm³/mol. The Labute approximate surface area is 150 Å². The minimum Gasteiger partial charge on any atom is -0.444 e. The molecule has 7 nitrogen and oxygen atoms in total. The van der Waals surface area contributed by atoms with E-state index in [1.807, 2.05) is 20.8 Å². The molecule has 25 heavy (non-hydrogen) atoms. The van der Waals surface area contributed by atoms with Gasteiger partial charge >= 0.3 is 6.09 Å². The first kappa shape index (κ1) is 21.3. The summed E-state index contributed by atoms with van der Waals surface area (Å²) >= 11 is 0. The third-order valence-corrected chi connectivity index (χ3v) is 4.83. The molecule has 0 aromatic heterocycles. The number of hydrogen-bond acceptors (Lipinski definition) is 4. The van der Waals surface area contributed by atoms with Crippen molar-refractivity contribution in [2.45, 2.75) is 66.5 Å². The maximum atomic E-state index is 12.0. The summed E-state index contributed by atoms with van der Waals surface area (Å²) in [6.07, 6.45) is 0.375. The van der Waals surface area contributed by atoms with E-state index in [0.29, 0.717) is 13.1 Å². The zero-order valence-corrected chi connectivity index (χ0v) is 16.5. The Balaban J connectivity index is 2.68. The quantitative estimate of drug-likeness (QED) is 0.677. The molecule has 1 aliphatic carbocycles. The van der Waals surface area contributed by atoms with Crippen molar-refractivity contribution >= 4 is 17.9 Å². The Bertz CT molecular complexity index is 493. The first-order valence-electron chi connectivity index (χ1n) is 8.81. The molecule has 0 spiro atoms. The van der Waals surface area contributed by atoms with Crippen LogP contribution in [0.2, 0.25) is 0 Å². The number of ether oxygens (including phenoxy) is 1. The van der Waals surface area contributed by atoms with Crippen molar-refractivity contribution < 1.29 is 19.1 Å². The lowest BCUT2D eigenvalue weighted by atomic mass is 9.54. The van der Waals surface area contributed by atoms with Crippen molar-refractivity contribution in [2.24, 2.45) is 17.3 Å². The summed E-state index contributed by atoms with van der Waals surface area (Å²) < 4.78 is 5.33. The fraction of sp³-hybridized carbons (Fsp3) is 0.833. The second-order valence-electron chi connectivity index (χ2n) is 8.50. The second-order valence-corrected chi connectivity index (χ2v) is 8.50. The number of amides is 3. The third kappa shape index (κ3) is 6.55. The zero-order valence-electron chi connectivity index (χ0n) is 16.5. The van der Waals surface area contributed by atoms with Crippen LogP contribution in [0.15, 0.2) is 0 Å². The molecule has 2 atom stereocenters. The third-order valence-electron chi connectivity index (χ3n) is 4.83. The Morgan fingerprint density at radius 2 is 1.56 bits per heavy atom. The van der Waals surface area contributed by atoms with E-state index in [4.69, 9.17) is 4.74 Å². The number of hydrogen-bond donors (Lipinski definition) is 3. The van der Waals surface area contributed by atoms with Crippen LogP contribution in [0.3, 0.4) is 0 Å². The van der Waals surface area contributed by atoms with Crippen LogP contribution in [0.25, 0.3) is 0 Å². The van der Waals surface area contributed by atoms with Crippen molar-refractivity contribution in [1.29, 1.82) is 0 Å². The fourth-order valence-corrected chi connectivity index (χ4v) is 3.36. The number of carbonyl (C=O) groups excluding carboxylic acids is 3. The summed E-state index contributed by atoms with van der Waals surface area (Å²) in [5.41, 5.74) is -0.685. The van der Waals surface area contributed by atoms with Crippen LogP contribution in [0.1, 0.15) is 54.9 Å². The monoisotopic (exact) mass is 355 g/mol. The lowest BCUT2D eigenvalue weighted by molar-refractivity contribution is -0.120. The van der Waals surface area contributed by atoms with Gasteiger partial charge in [-0.15, -0.1) is 0 Å². The maximum absolute atomic E-state index is 12.0. The second kappa shape index (κ2) is 8.06. The SMILES string of the molecule is CC(=O)NCC(CNC(C)=O)[C@H]1C[C@@H](NC(=O)OC(C)(C)C)C1(C)C. The number of nitrogens with one attached hydrogen (secondary N) is 3. The van der Waals surface area contributed by atoms with E-state index < -0.39 is 11.7 Å². The molecule has 0 aliphatic heterocycles. The highest BCUT2D eigenvalue weighted by molar-refractivity contribution is 5.73. The number of carbonyl (C=O) groups is 3. The van der Waals surface area contributed by atoms with E-state index in [1.165, 1.54) is 13.8 Å². The van der Waals surface area contributed by atoms with Crippen LogP contribution in [0, 0.1) is 17.3 Å². The van der Waals surface area contributed by atoms with Crippen LogP contribution < -0.4 is 16.0 Å². The van der Waals surface area contributed by atoms with Gasteiger partial charge < -0.3 is 20.7 Å². The van der Waals surface area contributed by atoms with Gasteiger partial charge in [0.05, 0.1) is 0 Å². The maximum Gasteiger partial charge on any atom is 0.407 e. The highest BCUT2D eigenvalue weighted by Gasteiger charge is 2.52. The Kier molecular flexibility index (Phi) is 6.85. The summed E-state index contributed by atoms with van der Waals surface area (Å²) in [5, 5.41) is 8.62. The molecule has 0 radical (unpaired) electrons. The number of rotatable bonds is 6. The van der Waals surface area contributed by atoms with E-state index in [1.54, 1.807) is 0 Å². The molecule has 1 aliphatic rings. The van der Waals surface area contributed by atoms with Gasteiger partial charge in [-0.05, 0) is 44.4 Å². The highest BCUT2D eigenvalue weighted by atomic mass is 16.6. The van der Waals surface area contributed by atoms with Crippen LogP contribution in [-0.4, -0.2) is 42.6 Å². The highest BCUT2D eigenvalue weighted by Crippen LogP contribution is 2.50. The van der Waals surface area contributed by atoms with E-state index in [2.05, 4.69) is 29.8 Å². The van der Waals surface area contributed by atoms with Crippen molar-refractivity contribution in [3.05, 3.63) is 0 Å². The van der Waals surface area contributed by atoms with Gasteiger partial charge in [-0.3, -0.25) is 9.59 Å². The van der Waals surface area contributed by atoms with E-state index in [-0.39, 0.29) is 35.1 Å². The van der Waals surface area contributed by atoms with Gasteiger partial charge in [-0.1, -0.05) is 13.8 Å². The van der Waals surface area contributed by atoms with Crippen LogP contribution in [-0.2, 0) is 14.3 Å². The molecule has 7 heteroatoms. The lowest BCUT2D eigenvalue weighted by Gasteiger charge is -2.55. The zero-order chi connectivity index (χ0) is 19.4. The van der Waals surface area contributed by atoms with E-state index in [9.17, 15) is 14.4 Å². The average molecular weight is 355 g/mol. The van der Waals surface area contributed by atoms with Crippen LogP contribution >= 0.6 is 0 Å². The summed E-state index contributed by atoms with van der Waals surface area (Å²) in [5.74, 6) is 0.201. The Morgan fingerprint density at radius 1 is 1.08 bits per heavy atom. The first-order valence-corrected chi connectivity index (χ1v) is 8.81. The van der Waals surface area contributed by atoms with Crippen molar-refractivity contribution in [2.75, 3.05) is 13.1 Å². The van der Waals surface area contributed by atoms with Gasteiger partial charge in [-0.25, -0.2) is 4.79 Å². The largest absolute Gasteiger partial charge is 0.444 e. The molecule has 1 fully saturated rings. The van der Waals surface area contributed by atoms with Crippen molar-refractivity contribution in [3.8, 4) is 0 Å². The summed E-state index contributed by atoms with van der Waals surface area (Å²) in [6, 6.07) is 0.00417. The van der Waals surface area contributed by atoms with Crippen LogP contribution in [0.4, 0.5) is 4.79 Å². The van der Waals surface area contributed by atoms with Gasteiger partial charge in [0.25, 0.3) is 0 Å². The molecule has 1 saturated carbocycles. The average Bonchev–Trinajstić information content (AvgIpc) is 2.42. The summed E-state index contributed by atoms with van der Waals surface area (Å²) in [7, 11) is 0. The van der Waals surface area contributed by atoms with Gasteiger partial charge in [-0.2, -0.15) is 0 Å². The minimum absolute atomic E-state index is 0.00417. The minimum atomic E-state index is -0.531. The summed E-state index contributed by atoms with van der Waals surface area (Å²) in [6.45, 7) is 13.7. The van der Waals surface area contributed by atoms with Gasteiger partial charge in [0, 0.05) is 33.0 Å². The first-order chi connectivity index (χ1) is 11.3. The molecule has 144 valence electrons. The summed E-state index contributed by atoms with van der Waals surface area (Å²) in [4.78, 5) is 34.5. The van der Waals surface area contributed by atoms with Gasteiger partial charge in [0.1, 0.15) is 5.60 Å². The molecular formula is C18H33N3O4. The molecule has 0 unspecified atom stereocenters. The molecule has 0 aromatic carbocycles. The van der Waals surface area contributed by atoms with Crippen molar-refractivity contribution in [3.63, 3.8) is 0 Å². The Morgan fingerprint density at radius 3 is 1.92 bits per heavy atom. The molecule has 0 aromatic rings. The van der Waals surface area contributed by atoms with E-state index >= 15 is 0 Å². The smallest absolute Gasteiger partial charge is 0.407 e. The molecule has 0 bridgehead atoms. The fourth-order valence-electron chi connectivity index (χ4n) is 3.36. The topological polar surface area (TPSA) is 96.5 Å². The molecule has 0 saturated heterocycles. The van der Waals surface area contributed by atoms with Gasteiger partial charge in [0.2, 0.25) is 11.8 Å².